The van der Waals surface area contributed by atoms with Crippen molar-refractivity contribution in [3.8, 4) is 0 Å². The first kappa shape index (κ1) is 41.4. The molecule has 3 saturated heterocycles. The van der Waals surface area contributed by atoms with E-state index in [4.69, 9.17) is 42.6 Å². The fourth-order valence-electron chi connectivity index (χ4n) is 12.6. The first-order valence-electron chi connectivity index (χ1n) is 20.5. The molecular weight excluding hydrogens is 716 g/mol. The lowest BCUT2D eigenvalue weighted by Crippen LogP contribution is -2.70. The van der Waals surface area contributed by atoms with Crippen LogP contribution in [-0.2, 0) is 57.0 Å². The second kappa shape index (κ2) is 14.8. The molecule has 3 aliphatic heterocycles. The summed E-state index contributed by atoms with van der Waals surface area (Å²) < 4.78 is 56.3. The molecule has 7 fully saturated rings. The molecule has 7 aliphatic rings. The average Bonchev–Trinajstić information content (AvgIpc) is 3.67. The monoisotopic (exact) mass is 780 g/mol. The van der Waals surface area contributed by atoms with Gasteiger partial charge in [0.15, 0.2) is 12.6 Å². The van der Waals surface area contributed by atoms with Gasteiger partial charge in [0, 0.05) is 44.8 Å². The van der Waals surface area contributed by atoms with E-state index in [0.717, 1.165) is 32.1 Å². The summed E-state index contributed by atoms with van der Waals surface area (Å²) in [7, 11) is 3.04. The maximum atomic E-state index is 13.5. The van der Waals surface area contributed by atoms with Crippen LogP contribution in [0.4, 0.5) is 0 Å². The van der Waals surface area contributed by atoms with E-state index in [1.807, 2.05) is 13.8 Å². The van der Waals surface area contributed by atoms with Gasteiger partial charge in [-0.1, -0.05) is 27.7 Å². The number of hydrogen-bond acceptors (Lipinski definition) is 14. The predicted octanol–water partition coefficient (Wildman–Crippen LogP) is 3.63. The van der Waals surface area contributed by atoms with Crippen molar-refractivity contribution in [1.29, 1.82) is 0 Å². The molecule has 0 aromatic carbocycles. The molecule has 4 aliphatic carbocycles. The van der Waals surface area contributed by atoms with Gasteiger partial charge in [-0.2, -0.15) is 0 Å². The second-order valence-electron chi connectivity index (χ2n) is 18.4. The predicted molar refractivity (Wildman–Crippen MR) is 193 cm³/mol. The third-order valence-electron chi connectivity index (χ3n) is 15.3. The van der Waals surface area contributed by atoms with Crippen molar-refractivity contribution in [3.05, 3.63) is 0 Å². The summed E-state index contributed by atoms with van der Waals surface area (Å²) in [5.74, 6) is -1.62. The van der Waals surface area contributed by atoms with Crippen LogP contribution in [0.2, 0.25) is 0 Å². The molecule has 7 rings (SSSR count). The maximum Gasteiger partial charge on any atom is 0.308 e. The lowest BCUT2D eigenvalue weighted by molar-refractivity contribution is -0.343. The van der Waals surface area contributed by atoms with Crippen LogP contribution >= 0.6 is 0 Å². The number of methoxy groups -OCH3 is 2. The highest BCUT2D eigenvalue weighted by atomic mass is 16.7. The Morgan fingerprint density at radius 1 is 0.800 bits per heavy atom. The Balaban J connectivity index is 1.09. The van der Waals surface area contributed by atoms with Crippen LogP contribution in [0.15, 0.2) is 0 Å². The first-order valence-corrected chi connectivity index (χ1v) is 20.5. The van der Waals surface area contributed by atoms with Gasteiger partial charge in [-0.15, -0.1) is 0 Å². The summed E-state index contributed by atoms with van der Waals surface area (Å²) in [6.07, 6.45) is -2.85. The van der Waals surface area contributed by atoms with Gasteiger partial charge in [-0.3, -0.25) is 14.4 Å². The van der Waals surface area contributed by atoms with Crippen LogP contribution in [0, 0.1) is 34.5 Å². The van der Waals surface area contributed by atoms with E-state index >= 15 is 0 Å². The Bertz CT molecular complexity index is 1470. The summed E-state index contributed by atoms with van der Waals surface area (Å²) in [4.78, 5) is 39.6. The molecule has 0 aromatic heterocycles. The van der Waals surface area contributed by atoms with Crippen molar-refractivity contribution < 1.29 is 67.2 Å². The van der Waals surface area contributed by atoms with E-state index in [1.165, 1.54) is 14.0 Å². The van der Waals surface area contributed by atoms with Gasteiger partial charge in [-0.25, -0.2) is 0 Å². The SMILES string of the molecule is CO[C@@H]1[C@H](O)[C@@H](O[C@H]2[C@H](C)O[C@@H](O[C@@H]3CC[C@]4(C)[C@H](CCC56O[C@]57CC[C@H](C(C)=O)[C@]7(C)[C@@H](OC(C)=O)[C@H](OC(=O)C(C)C)[C@H]64)C3)C[C@@H]2OC)O[C@@H](C)[C@@H]1O. The number of esters is 2. The Kier molecular flexibility index (Phi) is 11.2. The fraction of sp³-hybridized carbons (Fsp3) is 0.927. The third kappa shape index (κ3) is 6.34. The average molecular weight is 781 g/mol. The van der Waals surface area contributed by atoms with Crippen molar-refractivity contribution in [3.63, 3.8) is 0 Å². The van der Waals surface area contributed by atoms with E-state index < -0.39 is 96.0 Å². The lowest BCUT2D eigenvalue weighted by atomic mass is 9.43. The van der Waals surface area contributed by atoms with E-state index in [-0.39, 0.29) is 41.0 Å². The molecule has 0 bridgehead atoms. The molecule has 1 unspecified atom stereocenters. The van der Waals surface area contributed by atoms with E-state index in [0.29, 0.717) is 19.3 Å². The van der Waals surface area contributed by atoms with Gasteiger partial charge in [-0.05, 0) is 77.0 Å². The Labute approximate surface area is 324 Å². The molecular formula is C41H64O14. The van der Waals surface area contributed by atoms with Crippen LogP contribution in [0.25, 0.3) is 0 Å². The number of ether oxygens (including phenoxy) is 9. The highest BCUT2D eigenvalue weighted by molar-refractivity contribution is 5.81. The number of ketones is 1. The topological polar surface area (TPSA) is 178 Å². The minimum Gasteiger partial charge on any atom is -0.458 e. The normalized spacial score (nSPS) is 51.6. The van der Waals surface area contributed by atoms with Gasteiger partial charge < -0.3 is 52.8 Å². The molecule has 19 atom stereocenters. The van der Waals surface area contributed by atoms with Crippen LogP contribution in [-0.4, -0.2) is 127 Å². The van der Waals surface area contributed by atoms with Gasteiger partial charge in [0.1, 0.15) is 53.6 Å². The van der Waals surface area contributed by atoms with Crippen molar-refractivity contribution in [2.24, 2.45) is 34.5 Å². The summed E-state index contributed by atoms with van der Waals surface area (Å²) in [6.45, 7) is 14.5. The number of aliphatic hydroxyl groups is 2. The smallest absolute Gasteiger partial charge is 0.308 e. The molecule has 2 spiro atoms. The highest BCUT2D eigenvalue weighted by Crippen LogP contribution is 2.81. The number of epoxide rings is 1. The molecule has 3 heterocycles. The van der Waals surface area contributed by atoms with E-state index in [9.17, 15) is 24.6 Å². The molecule has 4 saturated carbocycles. The molecule has 14 nitrogen and oxygen atoms in total. The van der Waals surface area contributed by atoms with E-state index in [1.54, 1.807) is 34.8 Å². The number of rotatable bonds is 10. The van der Waals surface area contributed by atoms with Crippen molar-refractivity contribution in [2.45, 2.75) is 192 Å². The number of aliphatic hydroxyl groups excluding tert-OH is 2. The van der Waals surface area contributed by atoms with Gasteiger partial charge in [0.2, 0.25) is 0 Å². The van der Waals surface area contributed by atoms with Crippen LogP contribution < -0.4 is 0 Å². The zero-order valence-corrected chi connectivity index (χ0v) is 34.2. The molecule has 2 N–H and O–H groups in total. The number of Topliss-reactive ketones (excluding diaryl/α,β-unsaturated/α-hetero) is 1. The number of fused-ring (bicyclic) bond motifs is 2. The minimum absolute atomic E-state index is 0.0362. The quantitative estimate of drug-likeness (QED) is 0.187. The lowest BCUT2D eigenvalue weighted by Gasteiger charge is -2.61. The third-order valence-corrected chi connectivity index (χ3v) is 15.3. The van der Waals surface area contributed by atoms with E-state index in [2.05, 4.69) is 6.92 Å². The highest BCUT2D eigenvalue weighted by Gasteiger charge is 2.91. The van der Waals surface area contributed by atoms with Gasteiger partial charge in [0.25, 0.3) is 0 Å². The molecule has 312 valence electrons. The van der Waals surface area contributed by atoms with Crippen molar-refractivity contribution in [2.75, 3.05) is 14.2 Å². The number of carbonyl (C=O) groups excluding carboxylic acids is 3. The first-order chi connectivity index (χ1) is 25.9. The Morgan fingerprint density at radius 2 is 1.53 bits per heavy atom. The summed E-state index contributed by atoms with van der Waals surface area (Å²) >= 11 is 0. The van der Waals surface area contributed by atoms with Gasteiger partial charge >= 0.3 is 11.9 Å². The summed E-state index contributed by atoms with van der Waals surface area (Å²) in [5.41, 5.74) is -2.42. The number of hydrogen-bond donors (Lipinski definition) is 2. The molecule has 0 amide bonds. The zero-order chi connectivity index (χ0) is 40.0. The fourth-order valence-corrected chi connectivity index (χ4v) is 12.6. The molecule has 0 radical (unpaired) electrons. The Morgan fingerprint density at radius 3 is 2.16 bits per heavy atom. The van der Waals surface area contributed by atoms with Crippen LogP contribution in [0.3, 0.4) is 0 Å². The van der Waals surface area contributed by atoms with Crippen molar-refractivity contribution >= 4 is 17.7 Å². The van der Waals surface area contributed by atoms with Crippen LogP contribution in [0.5, 0.6) is 0 Å². The minimum atomic E-state index is -1.21. The molecule has 14 heteroatoms. The van der Waals surface area contributed by atoms with Crippen LogP contribution in [0.1, 0.15) is 107 Å². The molecule has 55 heavy (non-hydrogen) atoms. The summed E-state index contributed by atoms with van der Waals surface area (Å²) in [5, 5.41) is 21.3. The largest absolute Gasteiger partial charge is 0.458 e. The number of carbonyl (C=O) groups is 3. The standard InChI is InChI=1S/C41H64O14/c1-19(2)36(46)53-33-34-38(7)14-12-25(52-28-18-27(47-9)31(22(5)49-28)54-37-30(45)32(48-10)29(44)21(4)50-37)17-24(38)11-15-40(34)41(55-40)16-13-26(20(3)42)39(41,8)35(33)51-23(6)43/h19,21-22,24-35,37,44-45H,11-18H2,1-10H3/t21-,22-,24+,25+,26+,27-,28-,29-,30-,31-,32-,33+,34-,35-,37+,38+,39+,40?,41-/m0/s1. The molecule has 0 aromatic rings. The Hall–Kier alpha value is -1.75. The van der Waals surface area contributed by atoms with Crippen molar-refractivity contribution in [1.82, 2.24) is 0 Å². The second-order valence-corrected chi connectivity index (χ2v) is 18.4. The maximum absolute atomic E-state index is 13.5. The zero-order valence-electron chi connectivity index (χ0n) is 34.2. The summed E-state index contributed by atoms with van der Waals surface area (Å²) in [6, 6.07) is 0. The van der Waals surface area contributed by atoms with Gasteiger partial charge in [0.05, 0.1) is 30.3 Å².